The molecule has 0 saturated heterocycles. The molecule has 7 heteroatoms. The van der Waals surface area contributed by atoms with Crippen molar-refractivity contribution >= 4 is 16.9 Å². The minimum absolute atomic E-state index is 0.184. The molecule has 2 heterocycles. The molecule has 0 amide bonds. The zero-order chi connectivity index (χ0) is 13.4. The summed E-state index contributed by atoms with van der Waals surface area (Å²) in [5, 5.41) is 8.85. The summed E-state index contributed by atoms with van der Waals surface area (Å²) in [6.07, 6.45) is 0. The molecule has 0 atom stereocenters. The highest BCUT2D eigenvalue weighted by Crippen LogP contribution is 2.21. The van der Waals surface area contributed by atoms with Crippen molar-refractivity contribution in [2.75, 3.05) is 5.73 Å². The van der Waals surface area contributed by atoms with Crippen molar-refractivity contribution in [3.63, 3.8) is 0 Å². The highest BCUT2D eigenvalue weighted by Gasteiger charge is 2.08. The Morgan fingerprint density at radius 1 is 1.32 bits per heavy atom. The number of aromatic amines is 1. The van der Waals surface area contributed by atoms with Gasteiger partial charge in [0.05, 0.1) is 5.52 Å². The number of aromatic nitrogens is 3. The van der Waals surface area contributed by atoms with Crippen LogP contribution in [0.25, 0.3) is 22.5 Å². The van der Waals surface area contributed by atoms with Gasteiger partial charge < -0.3 is 10.2 Å². The molecule has 0 saturated carbocycles. The number of nitrogens with zero attached hydrogens (tertiary/aromatic N) is 3. The van der Waals surface area contributed by atoms with Crippen LogP contribution in [0.1, 0.15) is 5.69 Å². The van der Waals surface area contributed by atoms with Gasteiger partial charge in [-0.15, -0.1) is 0 Å². The molecular weight excluding hydrogens is 246 g/mol. The van der Waals surface area contributed by atoms with Crippen LogP contribution < -0.4 is 11.5 Å². The number of nitrogens with one attached hydrogen (secondary N) is 1. The monoisotopic (exact) mass is 253 g/mol. The van der Waals surface area contributed by atoms with Gasteiger partial charge in [0.1, 0.15) is 17.6 Å². The number of fused-ring (bicyclic) bond motifs is 1. The van der Waals surface area contributed by atoms with Gasteiger partial charge in [0.25, 0.3) is 0 Å². The van der Waals surface area contributed by atoms with E-state index in [1.54, 1.807) is 18.2 Å². The molecule has 0 aliphatic heterocycles. The Bertz CT molecular complexity index is 872. The Kier molecular flexibility index (Phi) is 2.29. The minimum atomic E-state index is -0.529. The molecule has 92 valence electrons. The summed E-state index contributed by atoms with van der Waals surface area (Å²) < 4.78 is 4.90. The van der Waals surface area contributed by atoms with Crippen LogP contribution in [-0.4, -0.2) is 15.0 Å². The van der Waals surface area contributed by atoms with Crippen LogP contribution in [0.4, 0.5) is 5.82 Å². The second kappa shape index (κ2) is 3.96. The summed E-state index contributed by atoms with van der Waals surface area (Å²) in [6.45, 7) is 0. The Labute approximate surface area is 106 Å². The minimum Gasteiger partial charge on any atom is -0.408 e. The Morgan fingerprint density at radius 2 is 2.16 bits per heavy atom. The second-order valence-electron chi connectivity index (χ2n) is 3.84. The van der Waals surface area contributed by atoms with E-state index in [1.165, 1.54) is 6.07 Å². The van der Waals surface area contributed by atoms with Crippen LogP contribution in [-0.2, 0) is 0 Å². The van der Waals surface area contributed by atoms with Crippen LogP contribution in [0.5, 0.6) is 0 Å². The fourth-order valence-electron chi connectivity index (χ4n) is 1.74. The van der Waals surface area contributed by atoms with Crippen LogP contribution in [0.2, 0.25) is 0 Å². The molecule has 0 radical (unpaired) electrons. The van der Waals surface area contributed by atoms with E-state index in [0.29, 0.717) is 22.5 Å². The number of hydrogen-bond acceptors (Lipinski definition) is 6. The standard InChI is InChI=1S/C12H7N5O2/c13-5-7-4-10(14)17-11(15-7)6-1-2-9-8(3-6)16-12(18)19-9/h1-4H,(H,16,18)(H2,14,15,17). The first-order chi connectivity index (χ1) is 9.15. The van der Waals surface area contributed by atoms with E-state index in [9.17, 15) is 4.79 Å². The third kappa shape index (κ3) is 1.91. The van der Waals surface area contributed by atoms with Gasteiger partial charge in [-0.3, -0.25) is 4.98 Å². The highest BCUT2D eigenvalue weighted by molar-refractivity contribution is 5.78. The fraction of sp³-hybridized carbons (Fsp3) is 0. The van der Waals surface area contributed by atoms with Crippen LogP contribution in [0, 0.1) is 11.3 Å². The lowest BCUT2D eigenvalue weighted by atomic mass is 10.2. The maximum absolute atomic E-state index is 11.1. The molecule has 19 heavy (non-hydrogen) atoms. The molecule has 7 nitrogen and oxygen atoms in total. The lowest BCUT2D eigenvalue weighted by Crippen LogP contribution is -1.98. The summed E-state index contributed by atoms with van der Waals surface area (Å²) in [4.78, 5) is 21.7. The van der Waals surface area contributed by atoms with Gasteiger partial charge in [-0.2, -0.15) is 5.26 Å². The van der Waals surface area contributed by atoms with Crippen molar-refractivity contribution in [3.8, 4) is 17.5 Å². The van der Waals surface area contributed by atoms with Crippen molar-refractivity contribution in [3.05, 3.63) is 40.5 Å². The summed E-state index contributed by atoms with van der Waals surface area (Å²) >= 11 is 0. The number of anilines is 1. The van der Waals surface area contributed by atoms with Crippen LogP contribution in [0.3, 0.4) is 0 Å². The van der Waals surface area contributed by atoms with E-state index in [-0.39, 0.29) is 11.5 Å². The highest BCUT2D eigenvalue weighted by atomic mass is 16.4. The van der Waals surface area contributed by atoms with Crippen molar-refractivity contribution in [2.24, 2.45) is 0 Å². The Hall–Kier alpha value is -3.14. The van der Waals surface area contributed by atoms with E-state index >= 15 is 0 Å². The molecule has 0 unspecified atom stereocenters. The van der Waals surface area contributed by atoms with E-state index in [1.807, 2.05) is 6.07 Å². The first kappa shape index (κ1) is 11.0. The smallest absolute Gasteiger partial charge is 0.408 e. The van der Waals surface area contributed by atoms with Crippen molar-refractivity contribution < 1.29 is 4.42 Å². The van der Waals surface area contributed by atoms with Crippen molar-refractivity contribution in [1.82, 2.24) is 15.0 Å². The zero-order valence-corrected chi connectivity index (χ0v) is 9.54. The molecule has 1 aromatic carbocycles. The van der Waals surface area contributed by atoms with E-state index in [4.69, 9.17) is 15.4 Å². The molecule has 0 bridgehead atoms. The number of rotatable bonds is 1. The first-order valence-electron chi connectivity index (χ1n) is 5.33. The third-order valence-electron chi connectivity index (χ3n) is 2.54. The fourth-order valence-corrected chi connectivity index (χ4v) is 1.74. The number of benzene rings is 1. The van der Waals surface area contributed by atoms with Crippen LogP contribution in [0.15, 0.2) is 33.5 Å². The summed E-state index contributed by atoms with van der Waals surface area (Å²) in [5.74, 6) is 0.00110. The largest absolute Gasteiger partial charge is 0.417 e. The Balaban J connectivity index is 2.21. The van der Waals surface area contributed by atoms with Gasteiger partial charge in [-0.05, 0) is 18.2 Å². The van der Waals surface area contributed by atoms with Gasteiger partial charge >= 0.3 is 5.76 Å². The van der Waals surface area contributed by atoms with Gasteiger partial charge in [0.15, 0.2) is 11.4 Å². The van der Waals surface area contributed by atoms with Crippen molar-refractivity contribution in [2.45, 2.75) is 0 Å². The average Bonchev–Trinajstić information content (AvgIpc) is 2.76. The molecule has 3 rings (SSSR count). The van der Waals surface area contributed by atoms with Gasteiger partial charge in [0, 0.05) is 11.6 Å². The topological polar surface area (TPSA) is 122 Å². The lowest BCUT2D eigenvalue weighted by Gasteiger charge is -2.01. The number of nitriles is 1. The number of H-pyrrole nitrogens is 1. The van der Waals surface area contributed by atoms with Gasteiger partial charge in [-0.1, -0.05) is 0 Å². The van der Waals surface area contributed by atoms with Gasteiger partial charge in [-0.25, -0.2) is 14.8 Å². The second-order valence-corrected chi connectivity index (χ2v) is 3.84. The maximum Gasteiger partial charge on any atom is 0.417 e. The quantitative estimate of drug-likeness (QED) is 0.667. The molecule has 3 N–H and O–H groups in total. The van der Waals surface area contributed by atoms with Crippen LogP contribution >= 0.6 is 0 Å². The predicted molar refractivity (Wildman–Crippen MR) is 67.0 cm³/mol. The van der Waals surface area contributed by atoms with E-state index in [0.717, 1.165) is 0 Å². The Morgan fingerprint density at radius 3 is 2.95 bits per heavy atom. The SMILES string of the molecule is N#Cc1cc(N)nc(-c2ccc3oc(=O)[nH]c3c2)n1. The lowest BCUT2D eigenvalue weighted by molar-refractivity contribution is 0.555. The number of nitrogen functional groups attached to an aromatic ring is 1. The number of nitrogens with two attached hydrogens (primary N) is 1. The van der Waals surface area contributed by atoms with E-state index < -0.39 is 5.76 Å². The maximum atomic E-state index is 11.1. The normalized spacial score (nSPS) is 10.5. The molecule has 3 aromatic rings. The molecule has 0 aliphatic carbocycles. The molecule has 0 spiro atoms. The molecular formula is C12H7N5O2. The number of hydrogen-bond donors (Lipinski definition) is 2. The van der Waals surface area contributed by atoms with E-state index in [2.05, 4.69) is 15.0 Å². The average molecular weight is 253 g/mol. The zero-order valence-electron chi connectivity index (χ0n) is 9.54. The summed E-state index contributed by atoms with van der Waals surface area (Å²) in [6, 6.07) is 8.28. The van der Waals surface area contributed by atoms with Crippen molar-refractivity contribution in [1.29, 1.82) is 5.26 Å². The third-order valence-corrected chi connectivity index (χ3v) is 2.54. The predicted octanol–water partition coefficient (Wildman–Crippen LogP) is 1.03. The first-order valence-corrected chi connectivity index (χ1v) is 5.33. The number of oxazole rings is 1. The molecule has 2 aromatic heterocycles. The molecule has 0 aliphatic rings. The van der Waals surface area contributed by atoms with Gasteiger partial charge in [0.2, 0.25) is 0 Å². The summed E-state index contributed by atoms with van der Waals surface area (Å²) in [7, 11) is 0. The molecule has 0 fully saturated rings. The summed E-state index contributed by atoms with van der Waals surface area (Å²) in [5.41, 5.74) is 7.40.